The minimum Gasteiger partial charge on any atom is -0.465 e. The highest BCUT2D eigenvalue weighted by molar-refractivity contribution is 7.80. The van der Waals surface area contributed by atoms with E-state index in [-0.39, 0.29) is 30.4 Å². The number of aromatic nitrogens is 2. The zero-order valence-corrected chi connectivity index (χ0v) is 19.0. The van der Waals surface area contributed by atoms with Gasteiger partial charge in [0.2, 0.25) is 0 Å². The molecule has 8 heteroatoms. The number of thiocarbonyl (C=S) groups is 1. The number of nitrogens with one attached hydrogen (secondary N) is 1. The number of carbonyl (C=O) groups is 1. The first-order valence-electron chi connectivity index (χ1n) is 10.5. The number of hydrogen-bond acceptors (Lipinski definition) is 4. The van der Waals surface area contributed by atoms with Crippen molar-refractivity contribution in [2.45, 2.75) is 32.9 Å². The van der Waals surface area contributed by atoms with Crippen LogP contribution in [-0.2, 0) is 9.53 Å². The molecule has 1 aromatic carbocycles. The topological polar surface area (TPSA) is 59.4 Å². The first-order valence-corrected chi connectivity index (χ1v) is 10.9. The maximum absolute atomic E-state index is 14.6. The fourth-order valence-corrected chi connectivity index (χ4v) is 4.66. The van der Waals surface area contributed by atoms with Gasteiger partial charge in [-0.15, -0.1) is 0 Å². The third kappa shape index (κ3) is 3.98. The molecular formula is C24H25FN4O2S. The van der Waals surface area contributed by atoms with Gasteiger partial charge in [-0.2, -0.15) is 0 Å². The van der Waals surface area contributed by atoms with E-state index in [9.17, 15) is 9.18 Å². The number of carbonyl (C=O) groups excluding carboxylic acids is 1. The lowest BCUT2D eigenvalue weighted by molar-refractivity contribution is -0.143. The van der Waals surface area contributed by atoms with Crippen LogP contribution in [0.3, 0.4) is 0 Å². The van der Waals surface area contributed by atoms with Crippen LogP contribution < -0.4 is 5.32 Å². The van der Waals surface area contributed by atoms with Crippen molar-refractivity contribution >= 4 is 23.3 Å². The molecule has 1 aliphatic heterocycles. The summed E-state index contributed by atoms with van der Waals surface area (Å²) in [6.07, 6.45) is 1.73. The number of ether oxygens (including phenoxy) is 1. The highest BCUT2D eigenvalue weighted by Crippen LogP contribution is 2.41. The Bertz CT molecular complexity index is 1150. The monoisotopic (exact) mass is 452 g/mol. The van der Waals surface area contributed by atoms with Crippen molar-refractivity contribution in [3.05, 3.63) is 83.2 Å². The molecule has 4 rings (SSSR count). The van der Waals surface area contributed by atoms with E-state index in [1.54, 1.807) is 25.3 Å². The molecule has 1 aliphatic rings. The van der Waals surface area contributed by atoms with E-state index in [0.29, 0.717) is 17.4 Å². The molecule has 6 nitrogen and oxygen atoms in total. The van der Waals surface area contributed by atoms with Crippen LogP contribution >= 0.6 is 12.2 Å². The second kappa shape index (κ2) is 9.08. The Balaban J connectivity index is 1.83. The average Bonchev–Trinajstić information content (AvgIpc) is 3.25. The number of pyridine rings is 1. The third-order valence-corrected chi connectivity index (χ3v) is 6.04. The molecule has 0 radical (unpaired) electrons. The summed E-state index contributed by atoms with van der Waals surface area (Å²) in [7, 11) is 0. The number of nitrogens with zero attached hydrogens (tertiary/aromatic N) is 3. The molecule has 0 bridgehead atoms. The number of para-hydroxylation sites is 1. The highest BCUT2D eigenvalue weighted by Gasteiger charge is 2.42. The van der Waals surface area contributed by atoms with Gasteiger partial charge in [-0.05, 0) is 68.9 Å². The number of benzene rings is 1. The van der Waals surface area contributed by atoms with Crippen LogP contribution in [0.25, 0.3) is 5.69 Å². The predicted octanol–water partition coefficient (Wildman–Crippen LogP) is 4.16. The molecule has 3 aromatic rings. The van der Waals surface area contributed by atoms with Gasteiger partial charge in [0.1, 0.15) is 12.4 Å². The van der Waals surface area contributed by atoms with Crippen LogP contribution in [0.4, 0.5) is 4.39 Å². The molecular weight excluding hydrogens is 427 g/mol. The zero-order chi connectivity index (χ0) is 22.8. The van der Waals surface area contributed by atoms with Gasteiger partial charge < -0.3 is 19.5 Å². The van der Waals surface area contributed by atoms with Crippen LogP contribution in [0.2, 0.25) is 0 Å². The lowest BCUT2D eigenvalue weighted by Gasteiger charge is -2.27. The second-order valence-corrected chi connectivity index (χ2v) is 8.06. The van der Waals surface area contributed by atoms with E-state index in [2.05, 4.69) is 10.3 Å². The van der Waals surface area contributed by atoms with E-state index in [0.717, 1.165) is 22.6 Å². The lowest BCUT2D eigenvalue weighted by Crippen LogP contribution is -2.35. The van der Waals surface area contributed by atoms with Crippen molar-refractivity contribution in [1.29, 1.82) is 0 Å². The van der Waals surface area contributed by atoms with Gasteiger partial charge in [-0.3, -0.25) is 9.78 Å². The number of esters is 1. The summed E-state index contributed by atoms with van der Waals surface area (Å²) in [5, 5.41) is 3.78. The molecule has 0 unspecified atom stereocenters. The van der Waals surface area contributed by atoms with E-state index in [1.807, 2.05) is 53.6 Å². The largest absolute Gasteiger partial charge is 0.465 e. The van der Waals surface area contributed by atoms with Gasteiger partial charge in [0.15, 0.2) is 5.11 Å². The third-order valence-electron chi connectivity index (χ3n) is 5.68. The van der Waals surface area contributed by atoms with Gasteiger partial charge in [0.25, 0.3) is 0 Å². The minimum atomic E-state index is -0.355. The van der Waals surface area contributed by atoms with E-state index < -0.39 is 0 Å². The first kappa shape index (κ1) is 22.0. The van der Waals surface area contributed by atoms with E-state index in [1.165, 1.54) is 6.07 Å². The van der Waals surface area contributed by atoms with Crippen molar-refractivity contribution in [3.63, 3.8) is 0 Å². The Morgan fingerprint density at radius 1 is 1.22 bits per heavy atom. The summed E-state index contributed by atoms with van der Waals surface area (Å²) in [5.41, 5.74) is 3.99. The Labute approximate surface area is 192 Å². The SMILES string of the molecule is CCOC(=O)CN1C(=S)N[C@@H](c2ccccn2)[C@H]1c1cc(C)n(-c2ccccc2F)c1C. The molecule has 0 spiro atoms. The van der Waals surface area contributed by atoms with Gasteiger partial charge >= 0.3 is 5.97 Å². The fraction of sp³-hybridized carbons (Fsp3) is 0.292. The van der Waals surface area contributed by atoms with Crippen LogP contribution in [0, 0.1) is 19.7 Å². The van der Waals surface area contributed by atoms with E-state index in [4.69, 9.17) is 17.0 Å². The molecule has 1 N–H and O–H groups in total. The summed E-state index contributed by atoms with van der Waals surface area (Å²) in [6.45, 7) is 5.97. The second-order valence-electron chi connectivity index (χ2n) is 7.67. The number of rotatable bonds is 6. The maximum atomic E-state index is 14.6. The zero-order valence-electron chi connectivity index (χ0n) is 18.2. The molecule has 166 valence electrons. The van der Waals surface area contributed by atoms with Crippen molar-refractivity contribution in [3.8, 4) is 5.69 Å². The number of halogens is 1. The molecule has 2 aromatic heterocycles. The molecule has 1 saturated heterocycles. The molecule has 1 fully saturated rings. The Hall–Kier alpha value is -3.26. The quantitative estimate of drug-likeness (QED) is 0.448. The summed E-state index contributed by atoms with van der Waals surface area (Å²) >= 11 is 5.61. The molecule has 0 saturated carbocycles. The van der Waals surface area contributed by atoms with Gasteiger partial charge in [-0.1, -0.05) is 18.2 Å². The fourth-order valence-electron chi connectivity index (χ4n) is 4.35. The average molecular weight is 453 g/mol. The molecule has 3 heterocycles. The lowest BCUT2D eigenvalue weighted by atomic mass is 9.97. The van der Waals surface area contributed by atoms with E-state index >= 15 is 0 Å². The summed E-state index contributed by atoms with van der Waals surface area (Å²) in [5.74, 6) is -0.656. The van der Waals surface area contributed by atoms with Crippen molar-refractivity contribution in [2.75, 3.05) is 13.2 Å². The Morgan fingerprint density at radius 3 is 2.66 bits per heavy atom. The Morgan fingerprint density at radius 2 is 1.97 bits per heavy atom. The van der Waals surface area contributed by atoms with Crippen LogP contribution in [-0.4, -0.2) is 38.7 Å². The number of aryl methyl sites for hydroxylation is 1. The minimum absolute atomic E-state index is 0.0110. The predicted molar refractivity (Wildman–Crippen MR) is 124 cm³/mol. The van der Waals surface area contributed by atoms with Gasteiger partial charge in [0.05, 0.1) is 30.1 Å². The summed E-state index contributed by atoms with van der Waals surface area (Å²) in [4.78, 5) is 18.7. The smallest absolute Gasteiger partial charge is 0.325 e. The summed E-state index contributed by atoms with van der Waals surface area (Å²) < 4.78 is 21.7. The standard InChI is InChI=1S/C24H25FN4O2S/c1-4-31-21(30)14-28-23(22(27-24(28)32)19-10-7-8-12-26-19)17-13-15(2)29(16(17)3)20-11-6-5-9-18(20)25/h5-13,22-23H,4,14H2,1-3H3,(H,27,32)/t22-,23+/m0/s1. The van der Waals surface area contributed by atoms with Crippen molar-refractivity contribution in [1.82, 2.24) is 19.8 Å². The van der Waals surface area contributed by atoms with Gasteiger partial charge in [0, 0.05) is 17.6 Å². The number of hydrogen-bond donors (Lipinski definition) is 1. The normalized spacial score (nSPS) is 18.0. The van der Waals surface area contributed by atoms with Crippen LogP contribution in [0.5, 0.6) is 0 Å². The first-order chi connectivity index (χ1) is 15.4. The Kier molecular flexibility index (Phi) is 6.23. The summed E-state index contributed by atoms with van der Waals surface area (Å²) in [6, 6.07) is 13.8. The molecule has 32 heavy (non-hydrogen) atoms. The molecule has 0 amide bonds. The highest BCUT2D eigenvalue weighted by atomic mass is 32.1. The van der Waals surface area contributed by atoms with Crippen LogP contribution in [0.1, 0.15) is 41.7 Å². The van der Waals surface area contributed by atoms with Crippen molar-refractivity contribution in [2.24, 2.45) is 0 Å². The maximum Gasteiger partial charge on any atom is 0.325 e. The van der Waals surface area contributed by atoms with Crippen LogP contribution in [0.15, 0.2) is 54.7 Å². The molecule has 0 aliphatic carbocycles. The molecule has 2 atom stereocenters. The van der Waals surface area contributed by atoms with Crippen molar-refractivity contribution < 1.29 is 13.9 Å². The van der Waals surface area contributed by atoms with Gasteiger partial charge in [-0.25, -0.2) is 4.39 Å².